The smallest absolute Gasteiger partial charge is 0.308 e. The van der Waals surface area contributed by atoms with Crippen molar-refractivity contribution in [2.75, 3.05) is 5.75 Å². The molecule has 1 rings (SSSR count). The Bertz CT molecular complexity index is 443. The Labute approximate surface area is 113 Å². The third kappa shape index (κ3) is 5.79. The maximum atomic E-state index is 11.0. The molecule has 0 heterocycles. The van der Waals surface area contributed by atoms with Crippen LogP contribution in [0.15, 0.2) is 29.2 Å². The van der Waals surface area contributed by atoms with E-state index < -0.39 is 0 Å². The fourth-order valence-electron chi connectivity index (χ4n) is 1.33. The number of esters is 1. The monoisotopic (exact) mass is 264 g/mol. The van der Waals surface area contributed by atoms with E-state index in [0.717, 1.165) is 23.5 Å². The third-order valence-electron chi connectivity index (χ3n) is 2.18. The van der Waals surface area contributed by atoms with Gasteiger partial charge in [0.25, 0.3) is 0 Å². The first-order valence-electron chi connectivity index (χ1n) is 6.10. The van der Waals surface area contributed by atoms with E-state index in [1.807, 2.05) is 18.2 Å². The molecule has 0 bridgehead atoms. The van der Waals surface area contributed by atoms with Crippen molar-refractivity contribution in [1.82, 2.24) is 0 Å². The lowest BCUT2D eigenvalue weighted by Gasteiger charge is -2.06. The Morgan fingerprint density at radius 3 is 2.89 bits per heavy atom. The molecule has 0 saturated heterocycles. The molecule has 0 aliphatic carbocycles. The van der Waals surface area contributed by atoms with Crippen LogP contribution in [0.2, 0.25) is 0 Å². The van der Waals surface area contributed by atoms with Crippen LogP contribution in [0.25, 0.3) is 0 Å². The van der Waals surface area contributed by atoms with Gasteiger partial charge in [-0.1, -0.05) is 31.4 Å². The van der Waals surface area contributed by atoms with Gasteiger partial charge >= 0.3 is 5.97 Å². The zero-order valence-corrected chi connectivity index (χ0v) is 11.7. The minimum Gasteiger partial charge on any atom is -0.426 e. The van der Waals surface area contributed by atoms with Crippen LogP contribution in [0.5, 0.6) is 5.75 Å². The fourth-order valence-corrected chi connectivity index (χ4v) is 2.08. The summed E-state index contributed by atoms with van der Waals surface area (Å²) in [5.74, 6) is 7.31. The van der Waals surface area contributed by atoms with Crippen molar-refractivity contribution < 1.29 is 9.53 Å². The Kier molecular flexibility index (Phi) is 7.05. The van der Waals surface area contributed by atoms with Gasteiger partial charge in [-0.15, -0.1) is 17.7 Å². The Hall–Kier alpha value is -1.40. The predicted octanol–water partition coefficient (Wildman–Crippen LogP) is 3.90. The van der Waals surface area contributed by atoms with E-state index in [-0.39, 0.29) is 5.97 Å². The van der Waals surface area contributed by atoms with Crippen molar-refractivity contribution >= 4 is 17.7 Å². The van der Waals surface area contributed by atoms with E-state index in [9.17, 15) is 4.79 Å². The summed E-state index contributed by atoms with van der Waals surface area (Å²) in [6, 6.07) is 7.53. The predicted molar refractivity (Wildman–Crippen MR) is 75.8 cm³/mol. The second kappa shape index (κ2) is 8.66. The number of hydrogen-bond acceptors (Lipinski definition) is 3. The van der Waals surface area contributed by atoms with Crippen molar-refractivity contribution in [3.05, 3.63) is 24.3 Å². The molecule has 0 aromatic heterocycles. The normalized spacial score (nSPS) is 9.44. The van der Waals surface area contributed by atoms with Gasteiger partial charge in [0.2, 0.25) is 0 Å². The zero-order valence-electron chi connectivity index (χ0n) is 10.9. The summed E-state index contributed by atoms with van der Waals surface area (Å²) >= 11 is 1.60. The first-order valence-corrected chi connectivity index (χ1v) is 7.08. The standard InChI is InChI=1S/C15H18O2S/c1-3-4-5-6-9-12-18-15-11-8-7-10-14(15)17-13(2)16/h7-8,10-11H,3-5,12H2,1-2H3/i2+2. The SMILES string of the molecule is CCCCC#CCSc1ccccc1OC([14CH3])=O. The lowest BCUT2D eigenvalue weighted by Crippen LogP contribution is -2.02. The molecule has 0 unspecified atom stereocenters. The van der Waals surface area contributed by atoms with Gasteiger partial charge in [-0.05, 0) is 18.6 Å². The molecule has 0 radical (unpaired) electrons. The maximum absolute atomic E-state index is 11.0. The largest absolute Gasteiger partial charge is 0.426 e. The Balaban J connectivity index is 2.50. The molecular formula is C15H18O2S. The van der Waals surface area contributed by atoms with Crippen LogP contribution in [0.1, 0.15) is 33.1 Å². The molecule has 0 spiro atoms. The molecule has 18 heavy (non-hydrogen) atoms. The topological polar surface area (TPSA) is 26.3 Å². The second-order valence-electron chi connectivity index (χ2n) is 3.79. The number of unbranched alkanes of at least 4 members (excludes halogenated alkanes) is 2. The number of carbonyl (C=O) groups excluding carboxylic acids is 1. The molecule has 0 fully saturated rings. The van der Waals surface area contributed by atoms with Crippen LogP contribution in [-0.2, 0) is 4.79 Å². The summed E-state index contributed by atoms with van der Waals surface area (Å²) in [7, 11) is 0. The van der Waals surface area contributed by atoms with Gasteiger partial charge in [0, 0.05) is 13.3 Å². The van der Waals surface area contributed by atoms with Crippen LogP contribution in [0.4, 0.5) is 0 Å². The highest BCUT2D eigenvalue weighted by atomic mass is 32.2. The summed E-state index contributed by atoms with van der Waals surface area (Å²) in [4.78, 5) is 11.9. The Morgan fingerprint density at radius 2 is 2.17 bits per heavy atom. The maximum Gasteiger partial charge on any atom is 0.308 e. The zero-order chi connectivity index (χ0) is 13.2. The highest BCUT2D eigenvalue weighted by molar-refractivity contribution is 7.99. The summed E-state index contributed by atoms with van der Waals surface area (Å²) in [6.07, 6.45) is 3.29. The van der Waals surface area contributed by atoms with Crippen LogP contribution >= 0.6 is 11.8 Å². The minimum atomic E-state index is -0.294. The first-order chi connectivity index (χ1) is 8.74. The van der Waals surface area contributed by atoms with Gasteiger partial charge in [-0.2, -0.15) is 0 Å². The molecule has 0 amide bonds. The van der Waals surface area contributed by atoms with Gasteiger partial charge in [0.15, 0.2) is 0 Å². The molecule has 1 aromatic carbocycles. The lowest BCUT2D eigenvalue weighted by molar-refractivity contribution is -0.132. The number of hydrogen-bond donors (Lipinski definition) is 0. The van der Waals surface area contributed by atoms with Crippen molar-refractivity contribution in [3.8, 4) is 17.6 Å². The van der Waals surface area contributed by atoms with Crippen molar-refractivity contribution in [2.24, 2.45) is 0 Å². The number of para-hydroxylation sites is 1. The van der Waals surface area contributed by atoms with Crippen LogP contribution in [0, 0.1) is 11.8 Å². The van der Waals surface area contributed by atoms with E-state index in [1.165, 1.54) is 13.3 Å². The third-order valence-corrected chi connectivity index (χ3v) is 3.12. The van der Waals surface area contributed by atoms with E-state index in [0.29, 0.717) is 5.75 Å². The lowest BCUT2D eigenvalue weighted by atomic mass is 10.3. The summed E-state index contributed by atoms with van der Waals surface area (Å²) in [6.45, 7) is 3.57. The Morgan fingerprint density at radius 1 is 1.39 bits per heavy atom. The number of thioether (sulfide) groups is 1. The van der Waals surface area contributed by atoms with E-state index in [2.05, 4.69) is 18.8 Å². The van der Waals surface area contributed by atoms with E-state index in [1.54, 1.807) is 17.8 Å². The molecule has 0 aliphatic rings. The summed E-state index contributed by atoms with van der Waals surface area (Å²) in [5, 5.41) is 0. The van der Waals surface area contributed by atoms with Gasteiger partial charge in [-0.25, -0.2) is 0 Å². The highest BCUT2D eigenvalue weighted by Gasteiger charge is 2.04. The fraction of sp³-hybridized carbons (Fsp3) is 0.400. The van der Waals surface area contributed by atoms with Crippen LogP contribution < -0.4 is 4.74 Å². The molecule has 3 heteroatoms. The van der Waals surface area contributed by atoms with Crippen LogP contribution in [-0.4, -0.2) is 11.7 Å². The van der Waals surface area contributed by atoms with Gasteiger partial charge in [0.1, 0.15) is 5.75 Å². The van der Waals surface area contributed by atoms with Gasteiger partial charge in [-0.3, -0.25) is 4.79 Å². The van der Waals surface area contributed by atoms with Crippen LogP contribution in [0.3, 0.4) is 0 Å². The molecule has 0 saturated carbocycles. The number of ether oxygens (including phenoxy) is 1. The van der Waals surface area contributed by atoms with Gasteiger partial charge < -0.3 is 4.74 Å². The van der Waals surface area contributed by atoms with Crippen molar-refractivity contribution in [2.45, 2.75) is 38.0 Å². The van der Waals surface area contributed by atoms with E-state index >= 15 is 0 Å². The highest BCUT2D eigenvalue weighted by Crippen LogP contribution is 2.28. The number of carbonyl (C=O) groups is 1. The quantitative estimate of drug-likeness (QED) is 0.265. The molecular weight excluding hydrogens is 246 g/mol. The van der Waals surface area contributed by atoms with Gasteiger partial charge in [0.05, 0.1) is 10.6 Å². The molecule has 96 valence electrons. The molecule has 0 atom stereocenters. The van der Waals surface area contributed by atoms with Crippen molar-refractivity contribution in [3.63, 3.8) is 0 Å². The summed E-state index contributed by atoms with van der Waals surface area (Å²) in [5.41, 5.74) is 0. The second-order valence-corrected chi connectivity index (χ2v) is 4.80. The number of benzene rings is 1. The van der Waals surface area contributed by atoms with E-state index in [4.69, 9.17) is 4.74 Å². The average molecular weight is 264 g/mol. The molecule has 0 N–H and O–H groups in total. The molecule has 0 aliphatic heterocycles. The molecule has 2 nitrogen and oxygen atoms in total. The minimum absolute atomic E-state index is 0.294. The summed E-state index contributed by atoms with van der Waals surface area (Å²) < 4.78 is 5.13. The van der Waals surface area contributed by atoms with Crippen molar-refractivity contribution in [1.29, 1.82) is 0 Å². The number of rotatable bonds is 5. The first kappa shape index (κ1) is 14.7. The average Bonchev–Trinajstić information content (AvgIpc) is 2.35. The molecule has 1 aromatic rings.